The predicted octanol–water partition coefficient (Wildman–Crippen LogP) is 4.50. The van der Waals surface area contributed by atoms with Crippen molar-refractivity contribution in [2.45, 2.75) is 24.1 Å². The third-order valence-corrected chi connectivity index (χ3v) is 4.60. The summed E-state index contributed by atoms with van der Waals surface area (Å²) in [7, 11) is 0. The molecule has 7 heteroatoms. The van der Waals surface area contributed by atoms with Crippen LogP contribution in [0.5, 0.6) is 0 Å². The van der Waals surface area contributed by atoms with Gasteiger partial charge in [-0.3, -0.25) is 0 Å². The molecule has 21 heavy (non-hydrogen) atoms. The number of rotatable bonds is 2. The van der Waals surface area contributed by atoms with Crippen molar-refractivity contribution in [1.29, 1.82) is 0 Å². The van der Waals surface area contributed by atoms with Crippen molar-refractivity contribution in [3.8, 4) is 0 Å². The average molecular weight is 328 g/mol. The number of alkyl halides is 3. The van der Waals surface area contributed by atoms with Gasteiger partial charge < -0.3 is 4.98 Å². The van der Waals surface area contributed by atoms with Gasteiger partial charge in [-0.05, 0) is 11.6 Å². The summed E-state index contributed by atoms with van der Waals surface area (Å²) < 4.78 is 38.7. The molecule has 0 spiro atoms. The van der Waals surface area contributed by atoms with Gasteiger partial charge in [-0.2, -0.15) is 24.9 Å². The van der Waals surface area contributed by atoms with E-state index in [2.05, 4.69) is 9.97 Å². The summed E-state index contributed by atoms with van der Waals surface area (Å²) >= 11 is 6.99. The molecular formula is C14H11F3N2S2. The average Bonchev–Trinajstić information content (AvgIpc) is 2.87. The van der Waals surface area contributed by atoms with Crippen molar-refractivity contribution in [2.75, 3.05) is 0 Å². The molecule has 0 saturated heterocycles. The zero-order valence-corrected chi connectivity index (χ0v) is 12.5. The minimum absolute atomic E-state index is 0.311. The summed E-state index contributed by atoms with van der Waals surface area (Å²) in [5.74, 6) is 2.30. The Bertz CT molecular complexity index is 738. The Kier molecular flexibility index (Phi) is 3.79. The van der Waals surface area contributed by atoms with Gasteiger partial charge in [-0.25, -0.2) is 4.98 Å². The molecule has 0 bridgehead atoms. The second-order valence-corrected chi connectivity index (χ2v) is 6.19. The molecular weight excluding hydrogens is 317 g/mol. The Labute approximate surface area is 128 Å². The van der Waals surface area contributed by atoms with Gasteiger partial charge in [0.15, 0.2) is 0 Å². The van der Waals surface area contributed by atoms with E-state index in [0.717, 1.165) is 34.9 Å². The maximum atomic E-state index is 12.7. The second-order valence-electron chi connectivity index (χ2n) is 4.81. The lowest BCUT2D eigenvalue weighted by atomic mass is 10.1. The van der Waals surface area contributed by atoms with Crippen LogP contribution in [0.4, 0.5) is 13.2 Å². The molecule has 0 fully saturated rings. The van der Waals surface area contributed by atoms with Gasteiger partial charge in [0.2, 0.25) is 0 Å². The van der Waals surface area contributed by atoms with Crippen molar-refractivity contribution in [2.24, 2.45) is 0 Å². The number of nitrogens with zero attached hydrogens (tertiary/aromatic N) is 1. The molecule has 0 saturated carbocycles. The van der Waals surface area contributed by atoms with E-state index in [0.29, 0.717) is 22.4 Å². The highest BCUT2D eigenvalue weighted by molar-refractivity contribution is 7.98. The van der Waals surface area contributed by atoms with Crippen LogP contribution in [0.25, 0.3) is 0 Å². The SMILES string of the molecule is FC(F)(F)c1cccc(Cc2nc(=S)c3c([nH]2)CSC3)c1. The molecule has 0 aliphatic carbocycles. The van der Waals surface area contributed by atoms with Gasteiger partial charge >= 0.3 is 6.18 Å². The highest BCUT2D eigenvalue weighted by Crippen LogP contribution is 2.31. The summed E-state index contributed by atoms with van der Waals surface area (Å²) in [6.45, 7) is 0. The molecule has 0 amide bonds. The van der Waals surface area contributed by atoms with E-state index in [1.54, 1.807) is 17.8 Å². The number of aromatic nitrogens is 2. The van der Waals surface area contributed by atoms with Crippen LogP contribution < -0.4 is 0 Å². The lowest BCUT2D eigenvalue weighted by Crippen LogP contribution is -2.06. The van der Waals surface area contributed by atoms with Crippen molar-refractivity contribution in [3.63, 3.8) is 0 Å². The van der Waals surface area contributed by atoms with Crippen LogP contribution in [-0.4, -0.2) is 9.97 Å². The number of halogens is 3. The topological polar surface area (TPSA) is 28.7 Å². The first-order chi connectivity index (χ1) is 9.93. The molecule has 1 aliphatic heterocycles. The fourth-order valence-electron chi connectivity index (χ4n) is 2.26. The predicted molar refractivity (Wildman–Crippen MR) is 78.7 cm³/mol. The van der Waals surface area contributed by atoms with Crippen LogP contribution >= 0.6 is 24.0 Å². The van der Waals surface area contributed by atoms with E-state index in [1.807, 2.05) is 0 Å². The quantitative estimate of drug-likeness (QED) is 0.823. The van der Waals surface area contributed by atoms with E-state index in [9.17, 15) is 13.2 Å². The molecule has 110 valence electrons. The lowest BCUT2D eigenvalue weighted by Gasteiger charge is -2.09. The van der Waals surface area contributed by atoms with Crippen LogP contribution in [0.2, 0.25) is 0 Å². The highest BCUT2D eigenvalue weighted by atomic mass is 32.2. The molecule has 0 unspecified atom stereocenters. The van der Waals surface area contributed by atoms with E-state index < -0.39 is 11.7 Å². The van der Waals surface area contributed by atoms with Crippen LogP contribution in [0.15, 0.2) is 24.3 Å². The molecule has 2 heterocycles. The smallest absolute Gasteiger partial charge is 0.346 e. The third-order valence-electron chi connectivity index (χ3n) is 3.27. The zero-order valence-electron chi connectivity index (χ0n) is 10.8. The lowest BCUT2D eigenvalue weighted by molar-refractivity contribution is -0.137. The first kappa shape index (κ1) is 14.6. The van der Waals surface area contributed by atoms with E-state index >= 15 is 0 Å². The number of aromatic amines is 1. The van der Waals surface area contributed by atoms with Gasteiger partial charge in [-0.1, -0.05) is 30.4 Å². The molecule has 2 aromatic rings. The second kappa shape index (κ2) is 5.46. The molecule has 0 radical (unpaired) electrons. The fraction of sp³-hybridized carbons (Fsp3) is 0.286. The summed E-state index contributed by atoms with van der Waals surface area (Å²) in [6.07, 6.45) is -4.02. The van der Waals surface area contributed by atoms with Gasteiger partial charge in [0.1, 0.15) is 10.5 Å². The molecule has 1 aliphatic rings. The number of hydrogen-bond donors (Lipinski definition) is 1. The molecule has 1 N–H and O–H groups in total. The van der Waals surface area contributed by atoms with Gasteiger partial charge in [0.25, 0.3) is 0 Å². The molecule has 1 aromatic carbocycles. The summed E-state index contributed by atoms with van der Waals surface area (Å²) in [6, 6.07) is 5.30. The number of benzene rings is 1. The summed E-state index contributed by atoms with van der Waals surface area (Å²) in [4.78, 5) is 7.49. The number of thioether (sulfide) groups is 1. The summed E-state index contributed by atoms with van der Waals surface area (Å²) in [5, 5.41) is 0. The van der Waals surface area contributed by atoms with Gasteiger partial charge in [0.05, 0.1) is 5.56 Å². The molecule has 3 rings (SSSR count). The monoisotopic (exact) mass is 328 g/mol. The van der Waals surface area contributed by atoms with E-state index in [1.165, 1.54) is 6.07 Å². The number of H-pyrrole nitrogens is 1. The van der Waals surface area contributed by atoms with Gasteiger partial charge in [0, 0.05) is 29.2 Å². The maximum Gasteiger partial charge on any atom is 0.416 e. The highest BCUT2D eigenvalue weighted by Gasteiger charge is 2.30. The Morgan fingerprint density at radius 3 is 2.86 bits per heavy atom. The summed E-state index contributed by atoms with van der Waals surface area (Å²) in [5.41, 5.74) is 2.01. The number of nitrogens with one attached hydrogen (secondary N) is 1. The van der Waals surface area contributed by atoms with Crippen molar-refractivity contribution in [3.05, 3.63) is 57.1 Å². The van der Waals surface area contributed by atoms with Crippen molar-refractivity contribution < 1.29 is 13.2 Å². The van der Waals surface area contributed by atoms with Crippen LogP contribution in [-0.2, 0) is 24.1 Å². The maximum absolute atomic E-state index is 12.7. The minimum atomic E-state index is -4.33. The van der Waals surface area contributed by atoms with Crippen LogP contribution in [0.3, 0.4) is 0 Å². The Balaban J connectivity index is 1.91. The van der Waals surface area contributed by atoms with Gasteiger partial charge in [-0.15, -0.1) is 0 Å². The zero-order chi connectivity index (χ0) is 15.0. The van der Waals surface area contributed by atoms with Crippen LogP contribution in [0.1, 0.15) is 28.2 Å². The number of hydrogen-bond acceptors (Lipinski definition) is 3. The third kappa shape index (κ3) is 3.13. The Hall–Kier alpha value is -1.34. The van der Waals surface area contributed by atoms with Crippen LogP contribution in [0, 0.1) is 4.64 Å². The van der Waals surface area contributed by atoms with Crippen molar-refractivity contribution in [1.82, 2.24) is 9.97 Å². The largest absolute Gasteiger partial charge is 0.416 e. The van der Waals surface area contributed by atoms with Crippen molar-refractivity contribution >= 4 is 24.0 Å². The van der Waals surface area contributed by atoms with E-state index in [4.69, 9.17) is 12.2 Å². The minimum Gasteiger partial charge on any atom is -0.346 e. The standard InChI is InChI=1S/C14H11F3N2S2/c15-14(16,17)9-3-1-2-8(4-9)5-12-18-11-7-21-6-10(11)13(20)19-12/h1-4H,5-7H2,(H,18,19,20). The molecule has 0 atom stereocenters. The fourth-order valence-corrected chi connectivity index (χ4v) is 3.72. The Morgan fingerprint density at radius 2 is 2.10 bits per heavy atom. The Morgan fingerprint density at radius 1 is 1.29 bits per heavy atom. The molecule has 1 aromatic heterocycles. The molecule has 2 nitrogen and oxygen atoms in total. The first-order valence-corrected chi connectivity index (χ1v) is 7.84. The number of fused-ring (bicyclic) bond motifs is 1. The van der Waals surface area contributed by atoms with E-state index in [-0.39, 0.29) is 0 Å². The normalized spacial score (nSPS) is 14.2. The first-order valence-electron chi connectivity index (χ1n) is 6.28.